The number of pyridine rings is 1. The molecule has 0 fully saturated rings. The number of nitrogens with zero attached hydrogens (tertiary/aromatic N) is 6. The van der Waals surface area contributed by atoms with E-state index >= 15 is 0 Å². The molecule has 0 aliphatic heterocycles. The minimum atomic E-state index is -0.684. The van der Waals surface area contributed by atoms with E-state index < -0.39 is 17.7 Å². The number of aromatic nitrogens is 2. The SMILES string of the molecule is COC(=O)c1coc(-c2ccnc(N(CCCCN=[N+]=[N-])C(=O)OC(C)(C)C)c2)n1. The number of hydrogen-bond donors (Lipinski definition) is 0. The van der Waals surface area contributed by atoms with Gasteiger partial charge in [-0.2, -0.15) is 0 Å². The van der Waals surface area contributed by atoms with Crippen molar-refractivity contribution >= 4 is 17.9 Å². The summed E-state index contributed by atoms with van der Waals surface area (Å²) in [5, 5.41) is 3.49. The first-order chi connectivity index (χ1) is 14.2. The fourth-order valence-electron chi connectivity index (χ4n) is 2.42. The molecule has 0 unspecified atom stereocenters. The van der Waals surface area contributed by atoms with Crippen molar-refractivity contribution in [3.05, 3.63) is 40.7 Å². The number of amides is 1. The zero-order chi connectivity index (χ0) is 22.1. The van der Waals surface area contributed by atoms with E-state index in [2.05, 4.69) is 24.7 Å². The Balaban J connectivity index is 2.27. The molecule has 0 spiro atoms. The maximum absolute atomic E-state index is 12.7. The molecular formula is C19H24N6O5. The van der Waals surface area contributed by atoms with Crippen molar-refractivity contribution in [2.24, 2.45) is 5.11 Å². The number of anilines is 1. The van der Waals surface area contributed by atoms with E-state index in [0.29, 0.717) is 37.3 Å². The quantitative estimate of drug-likeness (QED) is 0.204. The van der Waals surface area contributed by atoms with Gasteiger partial charge >= 0.3 is 12.1 Å². The predicted octanol–water partition coefficient (Wildman–Crippen LogP) is 4.36. The maximum Gasteiger partial charge on any atom is 0.416 e. The van der Waals surface area contributed by atoms with Crippen LogP contribution in [0, 0.1) is 0 Å². The molecule has 0 aliphatic rings. The highest BCUT2D eigenvalue weighted by Crippen LogP contribution is 2.24. The summed E-state index contributed by atoms with van der Waals surface area (Å²) >= 11 is 0. The van der Waals surface area contributed by atoms with Crippen LogP contribution in [0.1, 0.15) is 44.1 Å². The molecule has 0 saturated heterocycles. The van der Waals surface area contributed by atoms with Crippen LogP contribution in [0.4, 0.5) is 10.6 Å². The summed E-state index contributed by atoms with van der Waals surface area (Å²) in [6, 6.07) is 3.26. The minimum absolute atomic E-state index is 0.0351. The Bertz CT molecular complexity index is 929. The Morgan fingerprint density at radius 1 is 1.33 bits per heavy atom. The van der Waals surface area contributed by atoms with Crippen LogP contribution in [0.15, 0.2) is 34.1 Å². The molecule has 160 valence electrons. The molecule has 0 radical (unpaired) electrons. The van der Waals surface area contributed by atoms with Crippen molar-refractivity contribution in [3.8, 4) is 11.5 Å². The molecule has 0 atom stereocenters. The summed E-state index contributed by atoms with van der Waals surface area (Å²) in [7, 11) is 1.25. The number of carbonyl (C=O) groups excluding carboxylic acids is 2. The lowest BCUT2D eigenvalue weighted by atomic mass is 10.2. The molecule has 11 nitrogen and oxygen atoms in total. The Morgan fingerprint density at radius 3 is 2.77 bits per heavy atom. The molecule has 1 amide bonds. The second kappa shape index (κ2) is 10.3. The van der Waals surface area contributed by atoms with Crippen molar-refractivity contribution < 1.29 is 23.5 Å². The lowest BCUT2D eigenvalue weighted by molar-refractivity contribution is 0.0574. The van der Waals surface area contributed by atoms with Crippen molar-refractivity contribution in [2.75, 3.05) is 25.1 Å². The van der Waals surface area contributed by atoms with Gasteiger partial charge in [0.2, 0.25) is 5.89 Å². The smallest absolute Gasteiger partial charge is 0.416 e. The highest BCUT2D eigenvalue weighted by atomic mass is 16.6. The largest absolute Gasteiger partial charge is 0.464 e. The van der Waals surface area contributed by atoms with Gasteiger partial charge in [0, 0.05) is 29.8 Å². The molecule has 2 aromatic rings. The number of ether oxygens (including phenoxy) is 2. The molecule has 0 saturated carbocycles. The van der Waals surface area contributed by atoms with Crippen molar-refractivity contribution in [3.63, 3.8) is 0 Å². The van der Waals surface area contributed by atoms with Gasteiger partial charge in [0.25, 0.3) is 0 Å². The molecule has 0 aromatic carbocycles. The second-order valence-electron chi connectivity index (χ2n) is 7.23. The van der Waals surface area contributed by atoms with Gasteiger partial charge in [-0.15, -0.1) is 0 Å². The average molecular weight is 416 g/mol. The van der Waals surface area contributed by atoms with E-state index in [-0.39, 0.29) is 11.6 Å². The standard InChI is InChI=1S/C19H24N6O5/c1-19(2,3)30-18(27)25(10-6-5-8-22-24-20)15-11-13(7-9-21-15)16-23-14(12-29-16)17(26)28-4/h7,9,11-12H,5-6,8,10H2,1-4H3. The zero-order valence-corrected chi connectivity index (χ0v) is 17.4. The summed E-state index contributed by atoms with van der Waals surface area (Å²) in [4.78, 5) is 36.8. The predicted molar refractivity (Wildman–Crippen MR) is 108 cm³/mol. The maximum atomic E-state index is 12.7. The third-order valence-corrected chi connectivity index (χ3v) is 3.73. The van der Waals surface area contributed by atoms with Crippen LogP contribution < -0.4 is 4.90 Å². The van der Waals surface area contributed by atoms with Crippen molar-refractivity contribution in [2.45, 2.75) is 39.2 Å². The van der Waals surface area contributed by atoms with Crippen LogP contribution in [0.3, 0.4) is 0 Å². The van der Waals surface area contributed by atoms with Gasteiger partial charge in [-0.3, -0.25) is 4.90 Å². The second-order valence-corrected chi connectivity index (χ2v) is 7.23. The van der Waals surface area contributed by atoms with Crippen molar-refractivity contribution in [1.82, 2.24) is 9.97 Å². The molecule has 0 aliphatic carbocycles. The van der Waals surface area contributed by atoms with Crippen LogP contribution in [-0.4, -0.2) is 47.8 Å². The number of rotatable bonds is 8. The molecule has 2 rings (SSSR count). The summed E-state index contributed by atoms with van der Waals surface area (Å²) in [5.74, 6) is -0.0930. The Hall–Kier alpha value is -3.59. The third-order valence-electron chi connectivity index (χ3n) is 3.73. The normalized spacial score (nSPS) is 10.8. The number of esters is 1. The van der Waals surface area contributed by atoms with Gasteiger partial charge in [0.1, 0.15) is 17.7 Å². The molecule has 0 N–H and O–H groups in total. The van der Waals surface area contributed by atoms with Gasteiger partial charge in [-0.1, -0.05) is 5.11 Å². The Labute approximate surface area is 173 Å². The first kappa shape index (κ1) is 22.7. The van der Waals surface area contributed by atoms with Gasteiger partial charge in [-0.25, -0.2) is 19.6 Å². The van der Waals surface area contributed by atoms with E-state index in [0.717, 1.165) is 0 Å². The number of oxazole rings is 1. The number of carbonyl (C=O) groups is 2. The molecule has 11 heteroatoms. The van der Waals surface area contributed by atoms with Gasteiger partial charge in [-0.05, 0) is 51.3 Å². The van der Waals surface area contributed by atoms with E-state index in [1.54, 1.807) is 32.9 Å². The van der Waals surface area contributed by atoms with E-state index in [4.69, 9.17) is 14.7 Å². The lowest BCUT2D eigenvalue weighted by Crippen LogP contribution is -2.38. The minimum Gasteiger partial charge on any atom is -0.464 e. The summed E-state index contributed by atoms with van der Waals surface area (Å²) in [6.45, 7) is 5.96. The summed E-state index contributed by atoms with van der Waals surface area (Å²) in [5.41, 5.74) is 8.26. The number of hydrogen-bond acceptors (Lipinski definition) is 8. The van der Waals surface area contributed by atoms with E-state index in [1.165, 1.54) is 24.5 Å². The highest BCUT2D eigenvalue weighted by molar-refractivity contribution is 5.88. The highest BCUT2D eigenvalue weighted by Gasteiger charge is 2.25. The van der Waals surface area contributed by atoms with Crippen molar-refractivity contribution in [1.29, 1.82) is 0 Å². The molecule has 2 aromatic heterocycles. The van der Waals surface area contributed by atoms with Gasteiger partial charge < -0.3 is 13.9 Å². The fourth-order valence-corrected chi connectivity index (χ4v) is 2.42. The monoisotopic (exact) mass is 416 g/mol. The van der Waals surface area contributed by atoms with Crippen LogP contribution in [0.5, 0.6) is 0 Å². The Morgan fingerprint density at radius 2 is 2.10 bits per heavy atom. The molecule has 2 heterocycles. The topological polar surface area (TPSA) is 144 Å². The van der Waals surface area contributed by atoms with Gasteiger partial charge in [0.05, 0.1) is 7.11 Å². The molecular weight excluding hydrogens is 392 g/mol. The van der Waals surface area contributed by atoms with Crippen LogP contribution >= 0.6 is 0 Å². The summed E-state index contributed by atoms with van der Waals surface area (Å²) in [6.07, 6.45) is 3.33. The number of unbranched alkanes of at least 4 members (excludes halogenated alkanes) is 1. The first-order valence-electron chi connectivity index (χ1n) is 9.27. The number of azide groups is 1. The number of methoxy groups -OCH3 is 1. The zero-order valence-electron chi connectivity index (χ0n) is 17.4. The third kappa shape index (κ3) is 6.49. The summed E-state index contributed by atoms with van der Waals surface area (Å²) < 4.78 is 15.5. The lowest BCUT2D eigenvalue weighted by Gasteiger charge is -2.27. The fraction of sp³-hybridized carbons (Fsp3) is 0.474. The van der Waals surface area contributed by atoms with Crippen LogP contribution in [0.2, 0.25) is 0 Å². The van der Waals surface area contributed by atoms with E-state index in [1.807, 2.05) is 0 Å². The van der Waals surface area contributed by atoms with Crippen LogP contribution in [0.25, 0.3) is 21.9 Å². The van der Waals surface area contributed by atoms with Crippen LogP contribution in [-0.2, 0) is 9.47 Å². The average Bonchev–Trinajstić information content (AvgIpc) is 3.19. The first-order valence-corrected chi connectivity index (χ1v) is 9.27. The van der Waals surface area contributed by atoms with E-state index in [9.17, 15) is 9.59 Å². The molecule has 30 heavy (non-hydrogen) atoms. The Kier molecular flexibility index (Phi) is 7.76. The molecule has 0 bridgehead atoms. The van der Waals surface area contributed by atoms with Gasteiger partial charge in [0.15, 0.2) is 5.69 Å².